The number of benzene rings is 1. The Balaban J connectivity index is 2.00. The van der Waals surface area contributed by atoms with E-state index in [2.05, 4.69) is 45.5 Å². The Morgan fingerprint density at radius 1 is 1.41 bits per heavy atom. The Labute approximate surface area is 112 Å². The fourth-order valence-corrected chi connectivity index (χ4v) is 2.88. The Kier molecular flexibility index (Phi) is 5.01. The van der Waals surface area contributed by atoms with E-state index in [4.69, 9.17) is 4.74 Å². The van der Waals surface area contributed by atoms with Crippen molar-refractivity contribution in [3.8, 4) is 0 Å². The van der Waals surface area contributed by atoms with Gasteiger partial charge in [-0.1, -0.05) is 28.1 Å². The highest BCUT2D eigenvalue weighted by Gasteiger charge is 2.19. The van der Waals surface area contributed by atoms with E-state index in [1.54, 1.807) is 0 Å². The van der Waals surface area contributed by atoms with Crippen LogP contribution in [0.4, 0.5) is 0 Å². The van der Waals surface area contributed by atoms with Crippen molar-refractivity contribution in [1.29, 1.82) is 0 Å². The average molecular weight is 298 g/mol. The van der Waals surface area contributed by atoms with Gasteiger partial charge in [0.05, 0.1) is 0 Å². The predicted molar refractivity (Wildman–Crippen MR) is 74.1 cm³/mol. The summed E-state index contributed by atoms with van der Waals surface area (Å²) in [7, 11) is 2.05. The molecule has 1 atom stereocenters. The molecule has 0 bridgehead atoms. The normalized spacial score (nSPS) is 19.2. The smallest absolute Gasteiger partial charge is 0.0468 e. The Hall–Kier alpha value is -0.380. The van der Waals surface area contributed by atoms with E-state index in [0.717, 1.165) is 23.6 Å². The molecule has 0 aromatic heterocycles. The molecule has 1 saturated heterocycles. The largest absolute Gasteiger partial charge is 0.381 e. The highest BCUT2D eigenvalue weighted by atomic mass is 79.9. The van der Waals surface area contributed by atoms with Crippen molar-refractivity contribution < 1.29 is 4.74 Å². The minimum Gasteiger partial charge on any atom is -0.381 e. The number of nitrogens with one attached hydrogen (secondary N) is 1. The highest BCUT2D eigenvalue weighted by Crippen LogP contribution is 2.28. The molecular formula is C14H20BrNO. The zero-order valence-corrected chi connectivity index (χ0v) is 11.9. The maximum Gasteiger partial charge on any atom is 0.0468 e. The average Bonchev–Trinajstić information content (AvgIpc) is 2.37. The summed E-state index contributed by atoms with van der Waals surface area (Å²) in [5.41, 5.74) is 1.37. The predicted octanol–water partition coefficient (Wildman–Crippen LogP) is 3.53. The van der Waals surface area contributed by atoms with Gasteiger partial charge in [-0.2, -0.15) is 0 Å². The number of hydrogen-bond acceptors (Lipinski definition) is 2. The van der Waals surface area contributed by atoms with Crippen molar-refractivity contribution in [2.24, 2.45) is 5.92 Å². The number of hydrogen-bond donors (Lipinski definition) is 1. The Bertz CT molecular complexity index is 350. The first kappa shape index (κ1) is 13.1. The van der Waals surface area contributed by atoms with Crippen molar-refractivity contribution in [2.75, 3.05) is 20.3 Å². The third-order valence-electron chi connectivity index (χ3n) is 3.51. The van der Waals surface area contributed by atoms with Gasteiger partial charge in [0.15, 0.2) is 0 Å². The molecule has 1 unspecified atom stereocenters. The topological polar surface area (TPSA) is 21.3 Å². The highest BCUT2D eigenvalue weighted by molar-refractivity contribution is 9.10. The molecule has 2 nitrogen and oxygen atoms in total. The van der Waals surface area contributed by atoms with Crippen LogP contribution in [-0.4, -0.2) is 20.3 Å². The quantitative estimate of drug-likeness (QED) is 0.918. The van der Waals surface area contributed by atoms with Crippen LogP contribution in [0, 0.1) is 5.92 Å². The fraction of sp³-hybridized carbons (Fsp3) is 0.571. The third-order valence-corrected chi connectivity index (χ3v) is 4.00. The molecule has 17 heavy (non-hydrogen) atoms. The minimum atomic E-state index is 0.454. The van der Waals surface area contributed by atoms with Crippen molar-refractivity contribution >= 4 is 15.9 Å². The van der Waals surface area contributed by atoms with Crippen LogP contribution in [0.3, 0.4) is 0 Å². The summed E-state index contributed by atoms with van der Waals surface area (Å²) in [6.45, 7) is 1.86. The lowest BCUT2D eigenvalue weighted by Crippen LogP contribution is -2.23. The van der Waals surface area contributed by atoms with E-state index in [0.29, 0.717) is 6.04 Å². The van der Waals surface area contributed by atoms with Gasteiger partial charge in [-0.25, -0.2) is 0 Å². The number of rotatable bonds is 4. The summed E-state index contributed by atoms with van der Waals surface area (Å²) in [6.07, 6.45) is 3.61. The van der Waals surface area contributed by atoms with Crippen LogP contribution in [0.2, 0.25) is 0 Å². The van der Waals surface area contributed by atoms with E-state index >= 15 is 0 Å². The lowest BCUT2D eigenvalue weighted by molar-refractivity contribution is 0.0608. The first-order valence-electron chi connectivity index (χ1n) is 6.30. The second-order valence-corrected chi connectivity index (χ2v) is 5.60. The number of ether oxygens (including phenoxy) is 1. The third kappa shape index (κ3) is 3.80. The molecule has 1 fully saturated rings. The molecule has 0 saturated carbocycles. The second kappa shape index (κ2) is 6.53. The molecule has 0 aliphatic carbocycles. The summed E-state index contributed by atoms with van der Waals surface area (Å²) in [4.78, 5) is 0. The summed E-state index contributed by atoms with van der Waals surface area (Å²) in [5, 5.41) is 3.43. The van der Waals surface area contributed by atoms with Crippen LogP contribution < -0.4 is 5.32 Å². The zero-order valence-electron chi connectivity index (χ0n) is 10.3. The van der Waals surface area contributed by atoms with Gasteiger partial charge in [-0.3, -0.25) is 0 Å². The molecule has 2 rings (SSSR count). The molecule has 0 spiro atoms. The second-order valence-electron chi connectivity index (χ2n) is 4.69. The van der Waals surface area contributed by atoms with Crippen molar-refractivity contribution in [3.63, 3.8) is 0 Å². The lowest BCUT2D eigenvalue weighted by Gasteiger charge is -2.26. The van der Waals surface area contributed by atoms with Crippen LogP contribution in [0.1, 0.15) is 30.9 Å². The molecule has 1 heterocycles. The van der Waals surface area contributed by atoms with Crippen molar-refractivity contribution in [2.45, 2.75) is 25.3 Å². The fourth-order valence-electron chi connectivity index (χ4n) is 2.46. The lowest BCUT2D eigenvalue weighted by atomic mass is 9.89. The van der Waals surface area contributed by atoms with Gasteiger partial charge in [-0.05, 0) is 49.9 Å². The number of halogens is 1. The first-order chi connectivity index (χ1) is 8.29. The van der Waals surface area contributed by atoms with Gasteiger partial charge in [0, 0.05) is 23.7 Å². The molecule has 1 aromatic rings. The van der Waals surface area contributed by atoms with Gasteiger partial charge in [0.2, 0.25) is 0 Å². The van der Waals surface area contributed by atoms with Gasteiger partial charge < -0.3 is 10.1 Å². The monoisotopic (exact) mass is 297 g/mol. The molecule has 1 aliphatic rings. The zero-order chi connectivity index (χ0) is 12.1. The van der Waals surface area contributed by atoms with Crippen LogP contribution in [0.15, 0.2) is 28.7 Å². The SMILES string of the molecule is CNC(CC1CCOCC1)c1cccc(Br)c1. The van der Waals surface area contributed by atoms with Crippen molar-refractivity contribution in [1.82, 2.24) is 5.32 Å². The molecule has 3 heteroatoms. The van der Waals surface area contributed by atoms with E-state index in [9.17, 15) is 0 Å². The van der Waals surface area contributed by atoms with Gasteiger partial charge in [0.1, 0.15) is 0 Å². The Morgan fingerprint density at radius 3 is 2.82 bits per heavy atom. The molecule has 0 amide bonds. The maximum absolute atomic E-state index is 5.41. The van der Waals surface area contributed by atoms with Gasteiger partial charge in [-0.15, -0.1) is 0 Å². The summed E-state index contributed by atoms with van der Waals surface area (Å²) in [6, 6.07) is 9.04. The van der Waals surface area contributed by atoms with E-state index < -0.39 is 0 Å². The van der Waals surface area contributed by atoms with Crippen molar-refractivity contribution in [3.05, 3.63) is 34.3 Å². The molecule has 94 valence electrons. The first-order valence-corrected chi connectivity index (χ1v) is 7.09. The summed E-state index contributed by atoms with van der Waals surface area (Å²) in [5.74, 6) is 0.792. The molecule has 1 N–H and O–H groups in total. The van der Waals surface area contributed by atoms with Crippen LogP contribution >= 0.6 is 15.9 Å². The van der Waals surface area contributed by atoms with E-state index in [-0.39, 0.29) is 0 Å². The maximum atomic E-state index is 5.41. The standard InChI is InChI=1S/C14H20BrNO/c1-16-14(9-11-5-7-17-8-6-11)12-3-2-4-13(15)10-12/h2-4,10-11,14,16H,5-9H2,1H3. The molecule has 0 radical (unpaired) electrons. The summed E-state index contributed by atoms with van der Waals surface area (Å²) >= 11 is 3.54. The van der Waals surface area contributed by atoms with Crippen LogP contribution in [0.5, 0.6) is 0 Å². The minimum absolute atomic E-state index is 0.454. The van der Waals surface area contributed by atoms with Gasteiger partial charge in [0.25, 0.3) is 0 Å². The van der Waals surface area contributed by atoms with Gasteiger partial charge >= 0.3 is 0 Å². The van der Waals surface area contributed by atoms with E-state index in [1.807, 2.05) is 7.05 Å². The molecular weight excluding hydrogens is 278 g/mol. The van der Waals surface area contributed by atoms with Crippen LogP contribution in [0.25, 0.3) is 0 Å². The molecule has 1 aromatic carbocycles. The molecule has 1 aliphatic heterocycles. The Morgan fingerprint density at radius 2 is 2.18 bits per heavy atom. The summed E-state index contributed by atoms with van der Waals surface area (Å²) < 4.78 is 6.57. The van der Waals surface area contributed by atoms with Crippen LogP contribution in [-0.2, 0) is 4.74 Å². The van der Waals surface area contributed by atoms with E-state index in [1.165, 1.54) is 24.8 Å².